The summed E-state index contributed by atoms with van der Waals surface area (Å²) >= 11 is 3.61. The zero-order valence-electron chi connectivity index (χ0n) is 10.3. The Bertz CT molecular complexity index is 337. The van der Waals surface area contributed by atoms with Crippen LogP contribution in [0.25, 0.3) is 0 Å². The van der Waals surface area contributed by atoms with Gasteiger partial charge in [-0.2, -0.15) is 0 Å². The van der Waals surface area contributed by atoms with Gasteiger partial charge in [-0.1, -0.05) is 35.0 Å². The summed E-state index contributed by atoms with van der Waals surface area (Å²) in [4.78, 5) is 2.43. The highest BCUT2D eigenvalue weighted by molar-refractivity contribution is 9.10. The molecule has 0 heterocycles. The lowest BCUT2D eigenvalue weighted by atomic mass is 10.1. The van der Waals surface area contributed by atoms with Gasteiger partial charge < -0.3 is 5.73 Å². The van der Waals surface area contributed by atoms with Gasteiger partial charge in [0, 0.05) is 23.6 Å². The highest BCUT2D eigenvalue weighted by atomic mass is 79.9. The lowest BCUT2D eigenvalue weighted by Gasteiger charge is -2.25. The van der Waals surface area contributed by atoms with Gasteiger partial charge in [-0.25, -0.2) is 0 Å². The third-order valence-corrected chi connectivity index (χ3v) is 3.60. The average Bonchev–Trinajstić information content (AvgIpc) is 2.26. The minimum atomic E-state index is 0.575. The maximum atomic E-state index is 5.61. The molecule has 2 N–H and O–H groups in total. The molecule has 0 amide bonds. The predicted octanol–water partition coefficient (Wildman–Crippen LogP) is 3.14. The molecule has 0 aliphatic carbocycles. The van der Waals surface area contributed by atoms with Crippen LogP contribution in [0.1, 0.15) is 31.9 Å². The van der Waals surface area contributed by atoms with Crippen LogP contribution >= 0.6 is 15.9 Å². The second-order valence-corrected chi connectivity index (χ2v) is 5.14. The molecule has 0 fully saturated rings. The highest BCUT2D eigenvalue weighted by Gasteiger charge is 2.09. The molecular weight excluding hydrogens is 264 g/mol. The van der Waals surface area contributed by atoms with Crippen LogP contribution in [0.2, 0.25) is 0 Å². The molecule has 0 unspecified atom stereocenters. The van der Waals surface area contributed by atoms with Crippen molar-refractivity contribution in [2.75, 3.05) is 6.54 Å². The first-order valence-corrected chi connectivity index (χ1v) is 6.59. The van der Waals surface area contributed by atoms with Crippen LogP contribution in [0.4, 0.5) is 0 Å². The van der Waals surface area contributed by atoms with Crippen molar-refractivity contribution in [2.45, 2.75) is 39.9 Å². The van der Waals surface area contributed by atoms with Crippen LogP contribution in [0.5, 0.6) is 0 Å². The molecule has 90 valence electrons. The fraction of sp³-hybridized carbons (Fsp3) is 0.538. The molecule has 1 rings (SSSR count). The molecule has 0 saturated heterocycles. The van der Waals surface area contributed by atoms with Crippen molar-refractivity contribution < 1.29 is 0 Å². The lowest BCUT2D eigenvalue weighted by Crippen LogP contribution is -2.30. The molecule has 16 heavy (non-hydrogen) atoms. The van der Waals surface area contributed by atoms with Gasteiger partial charge in [-0.05, 0) is 37.6 Å². The van der Waals surface area contributed by atoms with E-state index in [9.17, 15) is 0 Å². The summed E-state index contributed by atoms with van der Waals surface area (Å²) in [6.45, 7) is 9.31. The second kappa shape index (κ2) is 6.38. The zero-order valence-corrected chi connectivity index (χ0v) is 11.9. The number of hydrogen-bond donors (Lipinski definition) is 1. The number of rotatable bonds is 5. The van der Waals surface area contributed by atoms with Crippen LogP contribution in [0, 0.1) is 0 Å². The largest absolute Gasteiger partial charge is 0.326 e. The number of halogens is 1. The molecule has 0 spiro atoms. The van der Waals surface area contributed by atoms with E-state index in [0.717, 1.165) is 17.6 Å². The Morgan fingerprint density at radius 1 is 1.38 bits per heavy atom. The molecule has 1 aromatic rings. The monoisotopic (exact) mass is 284 g/mol. The van der Waals surface area contributed by atoms with Crippen LogP contribution in [-0.2, 0) is 13.1 Å². The Labute approximate surface area is 107 Å². The molecule has 0 aliphatic heterocycles. The van der Waals surface area contributed by atoms with E-state index in [1.807, 2.05) is 0 Å². The van der Waals surface area contributed by atoms with Gasteiger partial charge in [0.25, 0.3) is 0 Å². The molecule has 1 aromatic carbocycles. The van der Waals surface area contributed by atoms with Gasteiger partial charge in [-0.3, -0.25) is 4.90 Å². The Kier molecular flexibility index (Phi) is 5.46. The van der Waals surface area contributed by atoms with Crippen LogP contribution in [0.15, 0.2) is 22.7 Å². The molecule has 0 aromatic heterocycles. The fourth-order valence-corrected chi connectivity index (χ4v) is 2.28. The Hall–Kier alpha value is -0.380. The maximum absolute atomic E-state index is 5.61. The van der Waals surface area contributed by atoms with Crippen molar-refractivity contribution in [3.05, 3.63) is 33.8 Å². The van der Waals surface area contributed by atoms with Gasteiger partial charge in [-0.15, -0.1) is 0 Å². The van der Waals surface area contributed by atoms with E-state index in [0.29, 0.717) is 12.6 Å². The lowest BCUT2D eigenvalue weighted by molar-refractivity contribution is 0.224. The minimum Gasteiger partial charge on any atom is -0.326 e. The number of benzene rings is 1. The third kappa shape index (κ3) is 3.58. The first-order valence-electron chi connectivity index (χ1n) is 5.79. The Balaban J connectivity index is 2.80. The van der Waals surface area contributed by atoms with Gasteiger partial charge in [0.2, 0.25) is 0 Å². The van der Waals surface area contributed by atoms with Crippen molar-refractivity contribution in [3.63, 3.8) is 0 Å². The van der Waals surface area contributed by atoms with Crippen molar-refractivity contribution >= 4 is 15.9 Å². The van der Waals surface area contributed by atoms with E-state index in [1.165, 1.54) is 11.1 Å². The summed E-state index contributed by atoms with van der Waals surface area (Å²) in [7, 11) is 0. The van der Waals surface area contributed by atoms with Crippen molar-refractivity contribution in [2.24, 2.45) is 5.73 Å². The number of nitrogens with zero attached hydrogens (tertiary/aromatic N) is 1. The Morgan fingerprint density at radius 2 is 2.06 bits per heavy atom. The van der Waals surface area contributed by atoms with Gasteiger partial charge in [0.15, 0.2) is 0 Å². The second-order valence-electron chi connectivity index (χ2n) is 4.29. The summed E-state index contributed by atoms with van der Waals surface area (Å²) in [5, 5.41) is 0. The molecule has 0 atom stereocenters. The molecule has 0 bridgehead atoms. The van der Waals surface area contributed by atoms with Crippen LogP contribution < -0.4 is 5.73 Å². The Morgan fingerprint density at radius 3 is 2.50 bits per heavy atom. The van der Waals surface area contributed by atoms with Crippen molar-refractivity contribution in [1.82, 2.24) is 4.90 Å². The zero-order chi connectivity index (χ0) is 12.1. The normalized spacial score (nSPS) is 11.4. The van der Waals surface area contributed by atoms with Gasteiger partial charge in [0.05, 0.1) is 0 Å². The minimum absolute atomic E-state index is 0.575. The highest BCUT2D eigenvalue weighted by Crippen LogP contribution is 2.20. The van der Waals surface area contributed by atoms with Crippen LogP contribution in [0.3, 0.4) is 0 Å². The van der Waals surface area contributed by atoms with E-state index in [2.05, 4.69) is 59.8 Å². The summed E-state index contributed by atoms with van der Waals surface area (Å²) in [5.41, 5.74) is 8.11. The molecule has 0 saturated carbocycles. The quantitative estimate of drug-likeness (QED) is 0.900. The SMILES string of the molecule is CCN(Cc1ccc(CN)cc1Br)C(C)C. The van der Waals surface area contributed by atoms with Crippen molar-refractivity contribution in [3.8, 4) is 0 Å². The standard InChI is InChI=1S/C13H21BrN2/c1-4-16(10(2)3)9-12-6-5-11(8-15)7-13(12)14/h5-7,10H,4,8-9,15H2,1-3H3. The third-order valence-electron chi connectivity index (χ3n) is 2.86. The molecule has 0 aliphatic rings. The van der Waals surface area contributed by atoms with E-state index in [4.69, 9.17) is 5.73 Å². The van der Waals surface area contributed by atoms with E-state index < -0.39 is 0 Å². The maximum Gasteiger partial charge on any atom is 0.0247 e. The summed E-state index contributed by atoms with van der Waals surface area (Å²) in [6, 6.07) is 6.96. The van der Waals surface area contributed by atoms with E-state index >= 15 is 0 Å². The van der Waals surface area contributed by atoms with Crippen molar-refractivity contribution in [1.29, 1.82) is 0 Å². The average molecular weight is 285 g/mol. The molecule has 0 radical (unpaired) electrons. The first kappa shape index (κ1) is 13.7. The summed E-state index contributed by atoms with van der Waals surface area (Å²) in [6.07, 6.45) is 0. The van der Waals surface area contributed by atoms with Crippen LogP contribution in [-0.4, -0.2) is 17.5 Å². The van der Waals surface area contributed by atoms with Gasteiger partial charge in [0.1, 0.15) is 0 Å². The fourth-order valence-electron chi connectivity index (χ4n) is 1.72. The smallest absolute Gasteiger partial charge is 0.0247 e. The topological polar surface area (TPSA) is 29.3 Å². The number of nitrogens with two attached hydrogens (primary N) is 1. The predicted molar refractivity (Wildman–Crippen MR) is 73.3 cm³/mol. The first-order chi connectivity index (χ1) is 7.58. The molecule has 3 heteroatoms. The summed E-state index contributed by atoms with van der Waals surface area (Å²) in [5.74, 6) is 0. The van der Waals surface area contributed by atoms with E-state index in [-0.39, 0.29) is 0 Å². The van der Waals surface area contributed by atoms with Gasteiger partial charge >= 0.3 is 0 Å². The molecule has 2 nitrogen and oxygen atoms in total. The molecular formula is C13H21BrN2. The summed E-state index contributed by atoms with van der Waals surface area (Å²) < 4.78 is 1.16. The number of hydrogen-bond acceptors (Lipinski definition) is 2. The van der Waals surface area contributed by atoms with E-state index in [1.54, 1.807) is 0 Å².